The molecule has 4 nitrogen and oxygen atoms in total. The molecule has 0 amide bonds. The Balaban J connectivity index is 1.69. The van der Waals surface area contributed by atoms with E-state index in [0.29, 0.717) is 42.2 Å². The van der Waals surface area contributed by atoms with Gasteiger partial charge in [0.2, 0.25) is 0 Å². The zero-order valence-corrected chi connectivity index (χ0v) is 19.9. The molecule has 4 aliphatic rings. The number of esters is 1. The van der Waals surface area contributed by atoms with Gasteiger partial charge < -0.3 is 4.74 Å². The van der Waals surface area contributed by atoms with E-state index in [1.807, 2.05) is 0 Å². The van der Waals surface area contributed by atoms with Gasteiger partial charge in [-0.3, -0.25) is 14.4 Å². The normalized spacial score (nSPS) is 41.6. The molecular formula is C27H40O4. The van der Waals surface area contributed by atoms with Gasteiger partial charge in [-0.1, -0.05) is 45.3 Å². The summed E-state index contributed by atoms with van der Waals surface area (Å²) in [5, 5.41) is 0. The van der Waals surface area contributed by atoms with Crippen LogP contribution >= 0.6 is 0 Å². The van der Waals surface area contributed by atoms with Gasteiger partial charge in [-0.15, -0.1) is 0 Å². The highest BCUT2D eigenvalue weighted by Gasteiger charge is 2.61. The summed E-state index contributed by atoms with van der Waals surface area (Å²) in [5.74, 6) is 1.58. The van der Waals surface area contributed by atoms with Crippen LogP contribution in [0.3, 0.4) is 0 Å². The molecule has 172 valence electrons. The van der Waals surface area contributed by atoms with Crippen LogP contribution in [0.1, 0.15) is 98.3 Å². The lowest BCUT2D eigenvalue weighted by molar-refractivity contribution is -0.150. The molecule has 0 aromatic heterocycles. The number of carbonyl (C=O) groups excluding carboxylic acids is 3. The SMILES string of the molecule is CCCCCC(=O)C1C=C2C[C@@H](OC(C)=O)CC[C@]2(C)[C@H]2CC[C@]3(C)C(=O)CC[C@H]3[C@H]12. The molecule has 7 atom stereocenters. The zero-order chi connectivity index (χ0) is 22.4. The van der Waals surface area contributed by atoms with Crippen LogP contribution in [0.4, 0.5) is 0 Å². The summed E-state index contributed by atoms with van der Waals surface area (Å²) < 4.78 is 5.59. The topological polar surface area (TPSA) is 60.4 Å². The number of ketones is 2. The number of allylic oxidation sites excluding steroid dienone is 1. The number of rotatable bonds is 6. The van der Waals surface area contributed by atoms with Crippen molar-refractivity contribution in [3.63, 3.8) is 0 Å². The molecule has 0 aromatic carbocycles. The molecule has 4 aliphatic carbocycles. The average Bonchev–Trinajstić information content (AvgIpc) is 3.02. The maximum atomic E-state index is 13.5. The monoisotopic (exact) mass is 428 g/mol. The molecule has 0 heterocycles. The molecule has 0 saturated heterocycles. The van der Waals surface area contributed by atoms with Gasteiger partial charge in [0.1, 0.15) is 17.7 Å². The summed E-state index contributed by atoms with van der Waals surface area (Å²) >= 11 is 0. The van der Waals surface area contributed by atoms with E-state index < -0.39 is 0 Å². The quantitative estimate of drug-likeness (QED) is 0.304. The maximum absolute atomic E-state index is 13.5. The van der Waals surface area contributed by atoms with Crippen molar-refractivity contribution in [2.24, 2.45) is 34.5 Å². The third-order valence-corrected chi connectivity index (χ3v) is 9.55. The second-order valence-electron chi connectivity index (χ2n) is 11.2. The molecule has 3 fully saturated rings. The van der Waals surface area contributed by atoms with Gasteiger partial charge >= 0.3 is 5.97 Å². The first-order chi connectivity index (χ1) is 14.7. The van der Waals surface area contributed by atoms with Gasteiger partial charge in [-0.05, 0) is 61.7 Å². The molecule has 1 unspecified atom stereocenters. The van der Waals surface area contributed by atoms with Gasteiger partial charge in [0, 0.05) is 37.5 Å². The Morgan fingerprint density at radius 3 is 2.48 bits per heavy atom. The van der Waals surface area contributed by atoms with E-state index in [1.54, 1.807) is 0 Å². The molecule has 0 bridgehead atoms. The van der Waals surface area contributed by atoms with Gasteiger partial charge in [0.05, 0.1) is 0 Å². The number of unbranched alkanes of at least 4 members (excludes halogenated alkanes) is 2. The summed E-state index contributed by atoms with van der Waals surface area (Å²) in [6.07, 6.45) is 12.3. The third kappa shape index (κ3) is 3.82. The van der Waals surface area contributed by atoms with E-state index in [4.69, 9.17) is 4.74 Å². The second kappa shape index (κ2) is 8.48. The van der Waals surface area contributed by atoms with Crippen LogP contribution in [0.2, 0.25) is 0 Å². The van der Waals surface area contributed by atoms with Gasteiger partial charge in [0.25, 0.3) is 0 Å². The van der Waals surface area contributed by atoms with E-state index in [9.17, 15) is 14.4 Å². The fourth-order valence-electron chi connectivity index (χ4n) is 7.78. The minimum Gasteiger partial charge on any atom is -0.462 e. The molecule has 0 N–H and O–H groups in total. The van der Waals surface area contributed by atoms with E-state index in [0.717, 1.165) is 57.8 Å². The first-order valence-electron chi connectivity index (χ1n) is 12.6. The van der Waals surface area contributed by atoms with Crippen molar-refractivity contribution in [1.82, 2.24) is 0 Å². The van der Waals surface area contributed by atoms with Crippen LogP contribution in [0.5, 0.6) is 0 Å². The van der Waals surface area contributed by atoms with Crippen LogP contribution < -0.4 is 0 Å². The smallest absolute Gasteiger partial charge is 0.302 e. The summed E-state index contributed by atoms with van der Waals surface area (Å²) in [6, 6.07) is 0. The average molecular weight is 429 g/mol. The molecule has 4 rings (SSSR count). The summed E-state index contributed by atoms with van der Waals surface area (Å²) in [7, 11) is 0. The highest BCUT2D eigenvalue weighted by Crippen LogP contribution is 2.65. The van der Waals surface area contributed by atoms with Crippen molar-refractivity contribution < 1.29 is 19.1 Å². The largest absolute Gasteiger partial charge is 0.462 e. The number of hydrogen-bond acceptors (Lipinski definition) is 4. The molecule has 4 heteroatoms. The second-order valence-corrected chi connectivity index (χ2v) is 11.2. The van der Waals surface area contributed by atoms with Crippen LogP contribution in [-0.4, -0.2) is 23.6 Å². The van der Waals surface area contributed by atoms with Crippen molar-refractivity contribution in [3.05, 3.63) is 11.6 Å². The van der Waals surface area contributed by atoms with Crippen LogP contribution in [-0.2, 0) is 19.1 Å². The first-order valence-corrected chi connectivity index (χ1v) is 12.6. The fourth-order valence-corrected chi connectivity index (χ4v) is 7.78. The Morgan fingerprint density at radius 2 is 1.77 bits per heavy atom. The number of hydrogen-bond donors (Lipinski definition) is 0. The highest BCUT2D eigenvalue weighted by atomic mass is 16.5. The van der Waals surface area contributed by atoms with Gasteiger partial charge in [-0.25, -0.2) is 0 Å². The van der Waals surface area contributed by atoms with Crippen molar-refractivity contribution >= 4 is 17.5 Å². The first kappa shape index (κ1) is 22.7. The lowest BCUT2D eigenvalue weighted by atomic mass is 9.45. The Bertz CT molecular complexity index is 782. The highest BCUT2D eigenvalue weighted by molar-refractivity contribution is 5.88. The minimum atomic E-state index is -0.236. The van der Waals surface area contributed by atoms with Crippen LogP contribution in [0, 0.1) is 34.5 Å². The molecule has 0 aromatic rings. The number of carbonyl (C=O) groups is 3. The fraction of sp³-hybridized carbons (Fsp3) is 0.815. The standard InChI is InChI=1S/C27H40O4/c1-5-6-7-8-23(29)20-16-18-15-19(31-17(2)28)11-13-26(18,3)22-12-14-27(4)21(25(20)22)9-10-24(27)30/h16,19-22,25H,5-15H2,1-4H3/t19-,20?,21-,22-,25-,26-,27-/m0/s1. The third-order valence-electron chi connectivity index (χ3n) is 9.55. The Morgan fingerprint density at radius 1 is 1.06 bits per heavy atom. The number of Topliss-reactive ketones (excluding diaryl/α,β-unsaturated/α-hetero) is 2. The van der Waals surface area contributed by atoms with Gasteiger partial charge in [-0.2, -0.15) is 0 Å². The summed E-state index contributed by atoms with van der Waals surface area (Å²) in [4.78, 5) is 37.9. The van der Waals surface area contributed by atoms with Crippen molar-refractivity contribution in [2.45, 2.75) is 104 Å². The molecule has 31 heavy (non-hydrogen) atoms. The molecule has 0 spiro atoms. The van der Waals surface area contributed by atoms with Gasteiger partial charge in [0.15, 0.2) is 0 Å². The summed E-state index contributed by atoms with van der Waals surface area (Å²) in [6.45, 7) is 8.22. The number of fused-ring (bicyclic) bond motifs is 5. The van der Waals surface area contributed by atoms with Crippen molar-refractivity contribution in [3.8, 4) is 0 Å². The van der Waals surface area contributed by atoms with Crippen molar-refractivity contribution in [1.29, 1.82) is 0 Å². The Labute approximate surface area is 187 Å². The molecule has 0 aliphatic heterocycles. The Hall–Kier alpha value is -1.45. The van der Waals surface area contributed by atoms with E-state index in [2.05, 4.69) is 26.8 Å². The Kier molecular flexibility index (Phi) is 6.22. The molecule has 0 radical (unpaired) electrons. The molecular weight excluding hydrogens is 388 g/mol. The maximum Gasteiger partial charge on any atom is 0.302 e. The van der Waals surface area contributed by atoms with Crippen LogP contribution in [0.25, 0.3) is 0 Å². The van der Waals surface area contributed by atoms with E-state index in [1.165, 1.54) is 12.5 Å². The predicted molar refractivity (Wildman–Crippen MR) is 120 cm³/mol. The van der Waals surface area contributed by atoms with Crippen LogP contribution in [0.15, 0.2) is 11.6 Å². The molecule has 3 saturated carbocycles. The predicted octanol–water partition coefficient (Wildman–Crippen LogP) is 5.83. The van der Waals surface area contributed by atoms with Crippen molar-refractivity contribution in [2.75, 3.05) is 0 Å². The number of ether oxygens (including phenoxy) is 1. The lowest BCUT2D eigenvalue weighted by Gasteiger charge is -2.58. The minimum absolute atomic E-state index is 0.0638. The zero-order valence-electron chi connectivity index (χ0n) is 19.9. The van der Waals surface area contributed by atoms with E-state index in [-0.39, 0.29) is 28.8 Å². The lowest BCUT2D eigenvalue weighted by Crippen LogP contribution is -2.54. The van der Waals surface area contributed by atoms with E-state index >= 15 is 0 Å². The summed E-state index contributed by atoms with van der Waals surface area (Å²) in [5.41, 5.74) is 1.17.